The summed E-state index contributed by atoms with van der Waals surface area (Å²) in [4.78, 5) is 12.3. The third-order valence-electron chi connectivity index (χ3n) is 3.65. The molecule has 0 atom stereocenters. The molecule has 0 aliphatic heterocycles. The van der Waals surface area contributed by atoms with E-state index < -0.39 is 0 Å². The highest BCUT2D eigenvalue weighted by Crippen LogP contribution is 2.23. The maximum atomic E-state index is 12.3. The summed E-state index contributed by atoms with van der Waals surface area (Å²) in [5, 5.41) is 1.09. The monoisotopic (exact) mass is 352 g/mol. The molecule has 0 heterocycles. The Balaban J connectivity index is 1.77. The van der Waals surface area contributed by atoms with Crippen molar-refractivity contribution in [3.63, 3.8) is 0 Å². The van der Waals surface area contributed by atoms with E-state index in [-0.39, 0.29) is 5.78 Å². The Morgan fingerprint density at radius 3 is 2.12 bits per heavy atom. The van der Waals surface area contributed by atoms with Crippen LogP contribution >= 0.6 is 23.2 Å². The molecule has 3 aromatic rings. The van der Waals surface area contributed by atoms with E-state index in [1.165, 1.54) is 6.08 Å². The number of rotatable bonds is 4. The van der Waals surface area contributed by atoms with Crippen molar-refractivity contribution in [1.82, 2.24) is 0 Å². The second-order valence-electron chi connectivity index (χ2n) is 5.31. The standard InChI is InChI=1S/C21H14Cl2O/c22-19-12-10-17(20(23)14-19)11-13-21(24)18-8-6-16(7-9-18)15-4-2-1-3-5-15/h1-14H/b13-11-. The summed E-state index contributed by atoms with van der Waals surface area (Å²) in [7, 11) is 0. The van der Waals surface area contributed by atoms with Crippen LogP contribution in [-0.4, -0.2) is 5.78 Å². The fourth-order valence-electron chi connectivity index (χ4n) is 2.36. The lowest BCUT2D eigenvalue weighted by atomic mass is 10.0. The molecular weight excluding hydrogens is 339 g/mol. The van der Waals surface area contributed by atoms with Crippen LogP contribution in [0.3, 0.4) is 0 Å². The van der Waals surface area contributed by atoms with Gasteiger partial charge in [-0.1, -0.05) is 83.9 Å². The molecular formula is C21H14Cl2O. The number of ketones is 1. The summed E-state index contributed by atoms with van der Waals surface area (Å²) in [6.07, 6.45) is 3.22. The van der Waals surface area contributed by atoms with Gasteiger partial charge in [0.25, 0.3) is 0 Å². The molecule has 0 saturated carbocycles. The molecule has 0 bridgehead atoms. The first-order chi connectivity index (χ1) is 11.6. The van der Waals surface area contributed by atoms with Crippen molar-refractivity contribution < 1.29 is 4.79 Å². The average molecular weight is 353 g/mol. The van der Waals surface area contributed by atoms with Gasteiger partial charge in [0.2, 0.25) is 0 Å². The zero-order valence-corrected chi connectivity index (χ0v) is 14.3. The van der Waals surface area contributed by atoms with E-state index in [2.05, 4.69) is 0 Å². The van der Waals surface area contributed by atoms with Crippen molar-refractivity contribution in [2.24, 2.45) is 0 Å². The molecule has 0 aliphatic rings. The van der Waals surface area contributed by atoms with E-state index in [1.807, 2.05) is 54.6 Å². The third kappa shape index (κ3) is 3.94. The molecule has 0 aromatic heterocycles. The van der Waals surface area contributed by atoms with Crippen molar-refractivity contribution in [3.05, 3.63) is 100 Å². The minimum Gasteiger partial charge on any atom is -0.289 e. The van der Waals surface area contributed by atoms with E-state index in [1.54, 1.807) is 24.3 Å². The van der Waals surface area contributed by atoms with Gasteiger partial charge >= 0.3 is 0 Å². The summed E-state index contributed by atoms with van der Waals surface area (Å²) in [6, 6.07) is 22.8. The molecule has 0 aliphatic carbocycles. The number of hydrogen-bond acceptors (Lipinski definition) is 1. The molecule has 0 saturated heterocycles. The van der Waals surface area contributed by atoms with Gasteiger partial charge in [-0.25, -0.2) is 0 Å². The molecule has 0 unspecified atom stereocenters. The Morgan fingerprint density at radius 1 is 0.792 bits per heavy atom. The Bertz CT molecular complexity index is 881. The highest BCUT2D eigenvalue weighted by molar-refractivity contribution is 6.35. The lowest BCUT2D eigenvalue weighted by Crippen LogP contribution is -1.93. The molecule has 0 amide bonds. The zero-order valence-electron chi connectivity index (χ0n) is 12.7. The Morgan fingerprint density at radius 2 is 1.46 bits per heavy atom. The molecule has 0 radical (unpaired) electrons. The Hall–Kier alpha value is -2.35. The SMILES string of the molecule is O=C(/C=C\c1ccc(Cl)cc1Cl)c1ccc(-c2ccccc2)cc1. The molecule has 3 heteroatoms. The van der Waals surface area contributed by atoms with E-state index in [0.29, 0.717) is 15.6 Å². The van der Waals surface area contributed by atoms with Crippen LogP contribution in [0.15, 0.2) is 78.9 Å². The van der Waals surface area contributed by atoms with Crippen molar-refractivity contribution >= 4 is 35.1 Å². The minimum atomic E-state index is -0.0689. The van der Waals surface area contributed by atoms with Crippen LogP contribution < -0.4 is 0 Å². The van der Waals surface area contributed by atoms with Crippen molar-refractivity contribution in [2.45, 2.75) is 0 Å². The van der Waals surface area contributed by atoms with Crippen molar-refractivity contribution in [1.29, 1.82) is 0 Å². The molecule has 118 valence electrons. The molecule has 3 rings (SSSR count). The van der Waals surface area contributed by atoms with Gasteiger partial charge in [0.15, 0.2) is 5.78 Å². The predicted octanol–water partition coefficient (Wildman–Crippen LogP) is 6.56. The third-order valence-corrected chi connectivity index (χ3v) is 4.22. The molecule has 0 fully saturated rings. The van der Waals surface area contributed by atoms with Crippen LogP contribution in [-0.2, 0) is 0 Å². The minimum absolute atomic E-state index is 0.0689. The highest BCUT2D eigenvalue weighted by atomic mass is 35.5. The number of halogens is 2. The summed E-state index contributed by atoms with van der Waals surface area (Å²) >= 11 is 12.0. The van der Waals surface area contributed by atoms with E-state index in [4.69, 9.17) is 23.2 Å². The topological polar surface area (TPSA) is 17.1 Å². The van der Waals surface area contributed by atoms with E-state index >= 15 is 0 Å². The Kier molecular flexibility index (Phi) is 5.14. The zero-order chi connectivity index (χ0) is 16.9. The Labute approximate surface area is 151 Å². The molecule has 3 aromatic carbocycles. The van der Waals surface area contributed by atoms with E-state index in [0.717, 1.165) is 16.7 Å². The second kappa shape index (κ2) is 7.48. The second-order valence-corrected chi connectivity index (χ2v) is 6.15. The summed E-state index contributed by atoms with van der Waals surface area (Å²) in [5.41, 5.74) is 3.60. The fraction of sp³-hybridized carbons (Fsp3) is 0. The summed E-state index contributed by atoms with van der Waals surface area (Å²) < 4.78 is 0. The maximum absolute atomic E-state index is 12.3. The van der Waals surface area contributed by atoms with Crippen LogP contribution in [0.2, 0.25) is 10.0 Å². The number of carbonyl (C=O) groups is 1. The van der Waals surface area contributed by atoms with Gasteiger partial charge in [-0.3, -0.25) is 4.79 Å². The highest BCUT2D eigenvalue weighted by Gasteiger charge is 2.04. The van der Waals surface area contributed by atoms with Gasteiger partial charge in [0.05, 0.1) is 0 Å². The van der Waals surface area contributed by atoms with Crippen LogP contribution in [0.25, 0.3) is 17.2 Å². The normalized spacial score (nSPS) is 10.9. The largest absolute Gasteiger partial charge is 0.289 e. The first-order valence-electron chi connectivity index (χ1n) is 7.46. The fourth-order valence-corrected chi connectivity index (χ4v) is 2.83. The van der Waals surface area contributed by atoms with Gasteiger partial charge in [-0.2, -0.15) is 0 Å². The number of hydrogen-bond donors (Lipinski definition) is 0. The molecule has 1 nitrogen and oxygen atoms in total. The number of carbonyl (C=O) groups excluding carboxylic acids is 1. The van der Waals surface area contributed by atoms with Crippen LogP contribution in [0, 0.1) is 0 Å². The lowest BCUT2D eigenvalue weighted by molar-refractivity contribution is 0.104. The summed E-state index contributed by atoms with van der Waals surface area (Å²) in [5.74, 6) is -0.0689. The van der Waals surface area contributed by atoms with Gasteiger partial charge < -0.3 is 0 Å². The van der Waals surface area contributed by atoms with Gasteiger partial charge in [0, 0.05) is 15.6 Å². The lowest BCUT2D eigenvalue weighted by Gasteiger charge is -2.03. The maximum Gasteiger partial charge on any atom is 0.185 e. The summed E-state index contributed by atoms with van der Waals surface area (Å²) in [6.45, 7) is 0. The van der Waals surface area contributed by atoms with Crippen LogP contribution in [0.4, 0.5) is 0 Å². The van der Waals surface area contributed by atoms with Gasteiger partial charge in [-0.15, -0.1) is 0 Å². The number of benzene rings is 3. The van der Waals surface area contributed by atoms with Crippen molar-refractivity contribution in [2.75, 3.05) is 0 Å². The predicted molar refractivity (Wildman–Crippen MR) is 102 cm³/mol. The van der Waals surface area contributed by atoms with Crippen LogP contribution in [0.5, 0.6) is 0 Å². The van der Waals surface area contributed by atoms with Crippen LogP contribution in [0.1, 0.15) is 15.9 Å². The molecule has 0 spiro atoms. The molecule has 24 heavy (non-hydrogen) atoms. The van der Waals surface area contributed by atoms with Gasteiger partial charge in [-0.05, 0) is 41.0 Å². The van der Waals surface area contributed by atoms with E-state index in [9.17, 15) is 4.79 Å². The molecule has 0 N–H and O–H groups in total. The smallest absolute Gasteiger partial charge is 0.185 e. The average Bonchev–Trinajstić information content (AvgIpc) is 2.62. The first kappa shape index (κ1) is 16.5. The first-order valence-corrected chi connectivity index (χ1v) is 8.22. The van der Waals surface area contributed by atoms with Gasteiger partial charge in [0.1, 0.15) is 0 Å². The number of allylic oxidation sites excluding steroid dienone is 1. The quantitative estimate of drug-likeness (QED) is 0.384. The van der Waals surface area contributed by atoms with Crippen molar-refractivity contribution in [3.8, 4) is 11.1 Å².